The van der Waals surface area contributed by atoms with Crippen molar-refractivity contribution in [2.75, 3.05) is 18.6 Å². The summed E-state index contributed by atoms with van der Waals surface area (Å²) < 4.78 is 49.8. The number of halogens is 3. The number of carbonyl (C=O) groups is 2. The lowest BCUT2D eigenvalue weighted by atomic mass is 10.1. The molecule has 1 atom stereocenters. The summed E-state index contributed by atoms with van der Waals surface area (Å²) in [4.78, 5) is 25.1. The molecule has 0 bridgehead atoms. The summed E-state index contributed by atoms with van der Waals surface area (Å²) in [5.41, 5.74) is 0.464. The average molecular weight is 379 g/mol. The number of nitrogens with zero attached hydrogens (tertiary/aromatic N) is 1. The van der Waals surface area contributed by atoms with Gasteiger partial charge in [0.25, 0.3) is 0 Å². The van der Waals surface area contributed by atoms with Crippen LogP contribution >= 0.6 is 0 Å². The molecule has 1 amide bonds. The Morgan fingerprint density at radius 1 is 1.11 bits per heavy atom. The van der Waals surface area contributed by atoms with Crippen molar-refractivity contribution < 1.29 is 32.2 Å². The zero-order valence-electron chi connectivity index (χ0n) is 14.4. The van der Waals surface area contributed by atoms with Crippen molar-refractivity contribution >= 4 is 17.6 Å². The third-order valence-electron chi connectivity index (χ3n) is 4.29. The first kappa shape index (κ1) is 18.8. The van der Waals surface area contributed by atoms with Gasteiger partial charge in [0.15, 0.2) is 11.6 Å². The molecule has 3 rings (SSSR count). The molecule has 27 heavy (non-hydrogen) atoms. The SMILES string of the molecule is COC(=O)[C@H]1CC(=O)N(c2ccc(OCc3cc(F)c(F)cc3F)cc2)C1. The number of amides is 1. The monoisotopic (exact) mass is 379 g/mol. The minimum absolute atomic E-state index is 0.0837. The predicted octanol–water partition coefficient (Wildman–Crippen LogP) is 3.21. The molecule has 0 aliphatic carbocycles. The number of benzene rings is 2. The van der Waals surface area contributed by atoms with Crippen LogP contribution in [0, 0.1) is 23.4 Å². The van der Waals surface area contributed by atoms with Gasteiger partial charge in [0, 0.05) is 30.3 Å². The highest BCUT2D eigenvalue weighted by atomic mass is 19.2. The minimum Gasteiger partial charge on any atom is -0.489 e. The van der Waals surface area contributed by atoms with Gasteiger partial charge in [-0.3, -0.25) is 9.59 Å². The molecule has 2 aromatic rings. The molecule has 1 aliphatic heterocycles. The van der Waals surface area contributed by atoms with Gasteiger partial charge < -0.3 is 14.4 Å². The highest BCUT2D eigenvalue weighted by molar-refractivity contribution is 5.99. The van der Waals surface area contributed by atoms with Crippen molar-refractivity contribution in [3.8, 4) is 5.75 Å². The molecule has 0 saturated carbocycles. The number of rotatable bonds is 5. The third kappa shape index (κ3) is 4.05. The van der Waals surface area contributed by atoms with E-state index in [0.717, 1.165) is 6.07 Å². The second kappa shape index (κ2) is 7.69. The number of ether oxygens (including phenoxy) is 2. The largest absolute Gasteiger partial charge is 0.489 e. The molecule has 1 saturated heterocycles. The standard InChI is InChI=1S/C19H16F3NO4/c1-26-19(25)11-7-18(24)23(9-11)13-2-4-14(5-3-13)27-10-12-6-16(21)17(22)8-15(12)20/h2-6,8,11H,7,9-10H2,1H3/t11-/m0/s1. The average Bonchev–Trinajstić information content (AvgIpc) is 3.05. The van der Waals surface area contributed by atoms with Crippen LogP contribution in [0.2, 0.25) is 0 Å². The normalized spacial score (nSPS) is 16.5. The Bertz CT molecular complexity index is 870. The van der Waals surface area contributed by atoms with Gasteiger partial charge in [-0.25, -0.2) is 13.2 Å². The molecule has 1 heterocycles. The molecule has 0 aromatic heterocycles. The van der Waals surface area contributed by atoms with Crippen molar-refractivity contribution in [3.63, 3.8) is 0 Å². The number of hydrogen-bond donors (Lipinski definition) is 0. The number of carbonyl (C=O) groups excluding carboxylic acids is 2. The molecule has 0 spiro atoms. The Hall–Kier alpha value is -3.03. The van der Waals surface area contributed by atoms with E-state index < -0.39 is 29.3 Å². The van der Waals surface area contributed by atoms with Gasteiger partial charge in [0.05, 0.1) is 13.0 Å². The summed E-state index contributed by atoms with van der Waals surface area (Å²) >= 11 is 0. The van der Waals surface area contributed by atoms with E-state index >= 15 is 0 Å². The Morgan fingerprint density at radius 2 is 1.78 bits per heavy atom. The van der Waals surface area contributed by atoms with Crippen LogP contribution < -0.4 is 9.64 Å². The minimum atomic E-state index is -1.26. The molecule has 0 N–H and O–H groups in total. The molecule has 2 aromatic carbocycles. The van der Waals surface area contributed by atoms with Crippen LogP contribution in [0.1, 0.15) is 12.0 Å². The molecular formula is C19H16F3NO4. The van der Waals surface area contributed by atoms with Crippen LogP contribution in [0.15, 0.2) is 36.4 Å². The Labute approximate surface area is 153 Å². The summed E-state index contributed by atoms with van der Waals surface area (Å²) in [5.74, 6) is -4.09. The number of hydrogen-bond acceptors (Lipinski definition) is 4. The quantitative estimate of drug-likeness (QED) is 0.591. The molecule has 1 aliphatic rings. The van der Waals surface area contributed by atoms with E-state index in [0.29, 0.717) is 17.5 Å². The fraction of sp³-hybridized carbons (Fsp3) is 0.263. The molecule has 1 fully saturated rings. The lowest BCUT2D eigenvalue weighted by Crippen LogP contribution is -2.26. The summed E-state index contributed by atoms with van der Waals surface area (Å²) in [6.45, 7) is -0.0543. The van der Waals surface area contributed by atoms with Crippen LogP contribution in [-0.4, -0.2) is 25.5 Å². The fourth-order valence-corrected chi connectivity index (χ4v) is 2.84. The van der Waals surface area contributed by atoms with Gasteiger partial charge in [-0.05, 0) is 30.3 Å². The van der Waals surface area contributed by atoms with Gasteiger partial charge in [0.2, 0.25) is 5.91 Å². The lowest BCUT2D eigenvalue weighted by Gasteiger charge is -2.17. The van der Waals surface area contributed by atoms with E-state index in [4.69, 9.17) is 4.74 Å². The first-order valence-electron chi connectivity index (χ1n) is 8.13. The Kier molecular flexibility index (Phi) is 5.34. The van der Waals surface area contributed by atoms with Crippen molar-refractivity contribution in [1.29, 1.82) is 0 Å². The van der Waals surface area contributed by atoms with E-state index in [1.165, 1.54) is 12.0 Å². The maximum absolute atomic E-state index is 13.6. The molecule has 8 heteroatoms. The van der Waals surface area contributed by atoms with Crippen molar-refractivity contribution in [2.45, 2.75) is 13.0 Å². The Balaban J connectivity index is 1.65. The van der Waals surface area contributed by atoms with Crippen molar-refractivity contribution in [2.24, 2.45) is 5.92 Å². The smallest absolute Gasteiger partial charge is 0.311 e. The van der Waals surface area contributed by atoms with Gasteiger partial charge in [-0.15, -0.1) is 0 Å². The highest BCUT2D eigenvalue weighted by Crippen LogP contribution is 2.28. The van der Waals surface area contributed by atoms with E-state index in [-0.39, 0.29) is 31.0 Å². The first-order valence-corrected chi connectivity index (χ1v) is 8.13. The number of anilines is 1. The highest BCUT2D eigenvalue weighted by Gasteiger charge is 2.35. The van der Waals surface area contributed by atoms with Crippen LogP contribution in [0.5, 0.6) is 5.75 Å². The van der Waals surface area contributed by atoms with Gasteiger partial charge in [0.1, 0.15) is 18.2 Å². The first-order chi connectivity index (χ1) is 12.9. The molecule has 5 nitrogen and oxygen atoms in total. The van der Waals surface area contributed by atoms with E-state index in [1.807, 2.05) is 0 Å². The van der Waals surface area contributed by atoms with Crippen molar-refractivity contribution in [3.05, 3.63) is 59.4 Å². The van der Waals surface area contributed by atoms with E-state index in [9.17, 15) is 22.8 Å². The summed E-state index contributed by atoms with van der Waals surface area (Å²) in [5, 5.41) is 0. The van der Waals surface area contributed by atoms with Crippen molar-refractivity contribution in [1.82, 2.24) is 0 Å². The van der Waals surface area contributed by atoms with Crippen LogP contribution in [0.25, 0.3) is 0 Å². The fourth-order valence-electron chi connectivity index (χ4n) is 2.84. The zero-order chi connectivity index (χ0) is 19.6. The second-order valence-electron chi connectivity index (χ2n) is 6.07. The van der Waals surface area contributed by atoms with Gasteiger partial charge in [-0.1, -0.05) is 0 Å². The summed E-state index contributed by atoms with van der Waals surface area (Å²) in [7, 11) is 1.28. The zero-order valence-corrected chi connectivity index (χ0v) is 14.4. The predicted molar refractivity (Wildman–Crippen MR) is 89.6 cm³/mol. The Morgan fingerprint density at radius 3 is 2.44 bits per heavy atom. The molecule has 142 valence electrons. The number of methoxy groups -OCH3 is 1. The molecular weight excluding hydrogens is 363 g/mol. The van der Waals surface area contributed by atoms with E-state index in [2.05, 4.69) is 4.74 Å². The van der Waals surface area contributed by atoms with Crippen LogP contribution in [-0.2, 0) is 20.9 Å². The second-order valence-corrected chi connectivity index (χ2v) is 6.07. The maximum atomic E-state index is 13.6. The number of esters is 1. The molecule has 0 radical (unpaired) electrons. The molecule has 0 unspecified atom stereocenters. The van der Waals surface area contributed by atoms with E-state index in [1.54, 1.807) is 24.3 Å². The third-order valence-corrected chi connectivity index (χ3v) is 4.29. The van der Waals surface area contributed by atoms with Gasteiger partial charge >= 0.3 is 5.97 Å². The topological polar surface area (TPSA) is 55.8 Å². The summed E-state index contributed by atoms with van der Waals surface area (Å²) in [6.07, 6.45) is 0.0837. The lowest BCUT2D eigenvalue weighted by molar-refractivity contribution is -0.145. The maximum Gasteiger partial charge on any atom is 0.311 e. The van der Waals surface area contributed by atoms with Crippen LogP contribution in [0.3, 0.4) is 0 Å². The summed E-state index contributed by atoms with van der Waals surface area (Å²) in [6, 6.07) is 7.57. The van der Waals surface area contributed by atoms with Gasteiger partial charge in [-0.2, -0.15) is 0 Å². The van der Waals surface area contributed by atoms with Crippen LogP contribution in [0.4, 0.5) is 18.9 Å².